The summed E-state index contributed by atoms with van der Waals surface area (Å²) < 4.78 is 5.07. The summed E-state index contributed by atoms with van der Waals surface area (Å²) in [5, 5.41) is 8.09. The van der Waals surface area contributed by atoms with E-state index in [0.29, 0.717) is 0 Å². The highest BCUT2D eigenvalue weighted by atomic mass is 32.1. The first-order chi connectivity index (χ1) is 13.3. The maximum absolute atomic E-state index is 2.39. The lowest BCUT2D eigenvalue weighted by Gasteiger charge is -1.99. The second-order valence-electron chi connectivity index (χ2n) is 6.71. The Bertz CT molecular complexity index is 1450. The van der Waals surface area contributed by atoms with Gasteiger partial charge in [-0.15, -0.1) is 11.3 Å². The zero-order valence-corrected chi connectivity index (χ0v) is 16.6. The standard InChI is InChI=1S/C23H15NS.C2H6/c1-24-20-9-5-4-8-16(20)18-12-19-17-11-10-14-6-2-3-7-15(14)23(17)25-22(19)13-21(18)24;1-2/h2-13H,1H3;1-2H3. The van der Waals surface area contributed by atoms with Crippen LogP contribution in [0.15, 0.2) is 72.8 Å². The first-order valence-corrected chi connectivity index (χ1v) is 10.3. The molecule has 0 saturated heterocycles. The number of aryl methyl sites for hydroxylation is 1. The van der Waals surface area contributed by atoms with Crippen molar-refractivity contribution in [3.05, 3.63) is 72.8 Å². The maximum atomic E-state index is 2.39. The molecule has 0 aliphatic carbocycles. The van der Waals surface area contributed by atoms with Gasteiger partial charge in [-0.25, -0.2) is 0 Å². The zero-order chi connectivity index (χ0) is 18.5. The van der Waals surface area contributed by atoms with E-state index in [2.05, 4.69) is 84.4 Å². The number of nitrogens with zero attached hydrogens (tertiary/aromatic N) is 1. The highest BCUT2D eigenvalue weighted by Gasteiger charge is 2.13. The maximum Gasteiger partial charge on any atom is 0.0503 e. The molecule has 6 rings (SSSR count). The second kappa shape index (κ2) is 6.11. The molecule has 2 heterocycles. The molecule has 0 amide bonds. The molecule has 0 aliphatic heterocycles. The van der Waals surface area contributed by atoms with Crippen LogP contribution in [0.5, 0.6) is 0 Å². The van der Waals surface area contributed by atoms with Crippen LogP contribution in [0, 0.1) is 0 Å². The summed E-state index contributed by atoms with van der Waals surface area (Å²) in [5.41, 5.74) is 2.61. The minimum absolute atomic E-state index is 1.30. The van der Waals surface area contributed by atoms with Crippen LogP contribution in [0.4, 0.5) is 0 Å². The van der Waals surface area contributed by atoms with Crippen molar-refractivity contribution in [3.8, 4) is 0 Å². The normalized spacial score (nSPS) is 11.5. The molecule has 0 atom stereocenters. The number of hydrogen-bond acceptors (Lipinski definition) is 1. The lowest BCUT2D eigenvalue weighted by atomic mass is 10.0. The van der Waals surface area contributed by atoms with Gasteiger partial charge in [0.1, 0.15) is 0 Å². The van der Waals surface area contributed by atoms with Crippen molar-refractivity contribution in [2.45, 2.75) is 13.8 Å². The van der Waals surface area contributed by atoms with Gasteiger partial charge in [0, 0.05) is 43.5 Å². The molecule has 1 nitrogen and oxygen atoms in total. The van der Waals surface area contributed by atoms with Crippen molar-refractivity contribution in [2.24, 2.45) is 7.05 Å². The first-order valence-electron chi connectivity index (χ1n) is 9.52. The van der Waals surface area contributed by atoms with E-state index in [-0.39, 0.29) is 0 Å². The van der Waals surface area contributed by atoms with Gasteiger partial charge < -0.3 is 4.57 Å². The first kappa shape index (κ1) is 16.3. The van der Waals surface area contributed by atoms with Crippen LogP contribution < -0.4 is 0 Å². The second-order valence-corrected chi connectivity index (χ2v) is 7.76. The van der Waals surface area contributed by atoms with Crippen molar-refractivity contribution < 1.29 is 0 Å². The highest BCUT2D eigenvalue weighted by Crippen LogP contribution is 2.41. The number of thiophene rings is 1. The number of fused-ring (bicyclic) bond motifs is 8. The fourth-order valence-electron chi connectivity index (χ4n) is 4.16. The zero-order valence-electron chi connectivity index (χ0n) is 15.8. The molecule has 2 aromatic heterocycles. The van der Waals surface area contributed by atoms with Crippen LogP contribution in [0.3, 0.4) is 0 Å². The van der Waals surface area contributed by atoms with Crippen LogP contribution >= 0.6 is 11.3 Å². The largest absolute Gasteiger partial charge is 0.344 e. The predicted octanol–water partition coefficient (Wildman–Crippen LogP) is 7.88. The van der Waals surface area contributed by atoms with Crippen LogP contribution in [0.1, 0.15) is 13.8 Å². The molecule has 4 aromatic carbocycles. The van der Waals surface area contributed by atoms with Gasteiger partial charge in [-0.1, -0.05) is 68.4 Å². The van der Waals surface area contributed by atoms with Gasteiger partial charge in [0.2, 0.25) is 0 Å². The summed E-state index contributed by atoms with van der Waals surface area (Å²) in [7, 11) is 2.17. The van der Waals surface area contributed by atoms with E-state index in [9.17, 15) is 0 Å². The van der Waals surface area contributed by atoms with Crippen LogP contribution in [-0.2, 0) is 7.05 Å². The fourth-order valence-corrected chi connectivity index (χ4v) is 5.41. The lowest BCUT2D eigenvalue weighted by Crippen LogP contribution is -1.85. The van der Waals surface area contributed by atoms with E-state index >= 15 is 0 Å². The molecular formula is C25H21NS. The SMILES string of the molecule is CC.Cn1c2ccccc2c2cc3c(cc21)sc1c2ccccc2ccc31. The van der Waals surface area contributed by atoms with Crippen LogP contribution in [0.2, 0.25) is 0 Å². The summed E-state index contributed by atoms with van der Waals surface area (Å²) >= 11 is 1.91. The Labute approximate surface area is 162 Å². The third-order valence-electron chi connectivity index (χ3n) is 5.40. The third kappa shape index (κ3) is 2.23. The minimum Gasteiger partial charge on any atom is -0.344 e. The van der Waals surface area contributed by atoms with Crippen molar-refractivity contribution in [1.82, 2.24) is 4.57 Å². The van der Waals surface area contributed by atoms with E-state index < -0.39 is 0 Å². The molecule has 0 radical (unpaired) electrons. The van der Waals surface area contributed by atoms with E-state index in [1.165, 1.54) is 52.8 Å². The van der Waals surface area contributed by atoms with E-state index in [0.717, 1.165) is 0 Å². The van der Waals surface area contributed by atoms with Gasteiger partial charge in [0.15, 0.2) is 0 Å². The predicted molar refractivity (Wildman–Crippen MR) is 122 cm³/mol. The number of benzene rings is 4. The van der Waals surface area contributed by atoms with Crippen molar-refractivity contribution in [3.63, 3.8) is 0 Å². The Hall–Kier alpha value is -2.84. The summed E-state index contributed by atoms with van der Waals surface area (Å²) in [6.07, 6.45) is 0. The van der Waals surface area contributed by atoms with E-state index in [1.807, 2.05) is 25.2 Å². The topological polar surface area (TPSA) is 4.93 Å². The smallest absolute Gasteiger partial charge is 0.0503 e. The summed E-state index contributed by atoms with van der Waals surface area (Å²) in [6.45, 7) is 4.00. The molecule has 0 N–H and O–H groups in total. The summed E-state index contributed by atoms with van der Waals surface area (Å²) in [6, 6.07) is 26.7. The average molecular weight is 368 g/mol. The van der Waals surface area contributed by atoms with Crippen LogP contribution in [-0.4, -0.2) is 4.57 Å². The molecule has 6 aromatic rings. The minimum atomic E-state index is 1.30. The third-order valence-corrected chi connectivity index (χ3v) is 6.60. The summed E-state index contributed by atoms with van der Waals surface area (Å²) in [5.74, 6) is 0. The average Bonchev–Trinajstić information content (AvgIpc) is 3.24. The van der Waals surface area contributed by atoms with Gasteiger partial charge in [0.05, 0.1) is 5.52 Å². The number of hydrogen-bond donors (Lipinski definition) is 0. The molecule has 132 valence electrons. The van der Waals surface area contributed by atoms with Gasteiger partial charge in [-0.2, -0.15) is 0 Å². The monoisotopic (exact) mass is 367 g/mol. The fraction of sp³-hybridized carbons (Fsp3) is 0.120. The molecule has 0 bridgehead atoms. The molecule has 0 aliphatic rings. The lowest BCUT2D eigenvalue weighted by molar-refractivity contribution is 1.02. The molecule has 2 heteroatoms. The van der Waals surface area contributed by atoms with Crippen molar-refractivity contribution >= 4 is 64.1 Å². The number of rotatable bonds is 0. The van der Waals surface area contributed by atoms with Crippen molar-refractivity contribution in [1.29, 1.82) is 0 Å². The Kier molecular flexibility index (Phi) is 3.70. The van der Waals surface area contributed by atoms with Gasteiger partial charge in [-0.3, -0.25) is 0 Å². The van der Waals surface area contributed by atoms with Crippen LogP contribution in [0.25, 0.3) is 52.8 Å². The molecule has 0 saturated carbocycles. The Morgan fingerprint density at radius 3 is 2.22 bits per heavy atom. The molecule has 0 fully saturated rings. The van der Waals surface area contributed by atoms with Crippen molar-refractivity contribution in [2.75, 3.05) is 0 Å². The molecular weight excluding hydrogens is 346 g/mol. The Morgan fingerprint density at radius 2 is 1.37 bits per heavy atom. The van der Waals surface area contributed by atoms with Gasteiger partial charge in [0.25, 0.3) is 0 Å². The molecule has 0 spiro atoms. The highest BCUT2D eigenvalue weighted by molar-refractivity contribution is 7.26. The Balaban J connectivity index is 0.000000777. The Morgan fingerprint density at radius 1 is 0.630 bits per heavy atom. The molecule has 0 unspecified atom stereocenters. The molecule has 27 heavy (non-hydrogen) atoms. The quantitative estimate of drug-likeness (QED) is 0.257. The van der Waals surface area contributed by atoms with Gasteiger partial charge in [-0.05, 0) is 29.0 Å². The van der Waals surface area contributed by atoms with E-state index in [4.69, 9.17) is 0 Å². The number of aromatic nitrogens is 1. The van der Waals surface area contributed by atoms with Gasteiger partial charge >= 0.3 is 0 Å². The number of para-hydroxylation sites is 1. The summed E-state index contributed by atoms with van der Waals surface area (Å²) in [4.78, 5) is 0. The van der Waals surface area contributed by atoms with E-state index in [1.54, 1.807) is 0 Å².